The van der Waals surface area contributed by atoms with Crippen LogP contribution in [-0.2, 0) is 11.2 Å². The van der Waals surface area contributed by atoms with E-state index in [1.54, 1.807) is 13.3 Å². The molecule has 0 aliphatic carbocycles. The third-order valence-corrected chi connectivity index (χ3v) is 4.24. The monoisotopic (exact) mass is 300 g/mol. The highest BCUT2D eigenvalue weighted by Crippen LogP contribution is 2.26. The summed E-state index contributed by atoms with van der Waals surface area (Å²) in [6.45, 7) is 7.10. The van der Waals surface area contributed by atoms with Gasteiger partial charge in [-0.25, -0.2) is 9.97 Å². The molecule has 3 rings (SSSR count). The lowest BCUT2D eigenvalue weighted by atomic mass is 10.0. The van der Waals surface area contributed by atoms with Crippen molar-refractivity contribution in [3.8, 4) is 11.3 Å². The fourth-order valence-corrected chi connectivity index (χ4v) is 3.08. The average molecular weight is 300 g/mol. The second-order valence-corrected chi connectivity index (χ2v) is 5.92. The van der Waals surface area contributed by atoms with Crippen LogP contribution in [0.1, 0.15) is 30.5 Å². The second kappa shape index (κ2) is 5.87. The molecule has 0 radical (unpaired) electrons. The number of likely N-dealkylation sites (tertiary alicyclic amines) is 1. The largest absolute Gasteiger partial charge is 0.361 e. The Morgan fingerprint density at radius 1 is 1.41 bits per heavy atom. The maximum absolute atomic E-state index is 11.4. The van der Waals surface area contributed by atoms with Crippen molar-refractivity contribution in [2.75, 3.05) is 13.1 Å². The van der Waals surface area contributed by atoms with Crippen LogP contribution in [0.5, 0.6) is 0 Å². The summed E-state index contributed by atoms with van der Waals surface area (Å²) in [5, 5.41) is 3.98. The number of nitrogens with zero attached hydrogens (tertiary/aromatic N) is 4. The Labute approximate surface area is 129 Å². The van der Waals surface area contributed by atoms with Gasteiger partial charge in [0.25, 0.3) is 0 Å². The van der Waals surface area contributed by atoms with Crippen molar-refractivity contribution >= 4 is 5.91 Å². The van der Waals surface area contributed by atoms with Gasteiger partial charge < -0.3 is 9.42 Å². The molecule has 1 unspecified atom stereocenters. The molecule has 6 heteroatoms. The van der Waals surface area contributed by atoms with Gasteiger partial charge in [0.05, 0.1) is 17.0 Å². The van der Waals surface area contributed by atoms with E-state index >= 15 is 0 Å². The van der Waals surface area contributed by atoms with Crippen LogP contribution in [0.3, 0.4) is 0 Å². The highest BCUT2D eigenvalue weighted by Gasteiger charge is 2.25. The summed E-state index contributed by atoms with van der Waals surface area (Å²) in [5.41, 5.74) is 3.63. The molecule has 0 saturated carbocycles. The van der Waals surface area contributed by atoms with Gasteiger partial charge in [-0.05, 0) is 38.7 Å². The molecule has 2 aromatic heterocycles. The Morgan fingerprint density at radius 2 is 2.23 bits per heavy atom. The number of rotatable bonds is 3. The minimum Gasteiger partial charge on any atom is -0.361 e. The molecular weight excluding hydrogens is 280 g/mol. The van der Waals surface area contributed by atoms with E-state index in [-0.39, 0.29) is 5.91 Å². The van der Waals surface area contributed by atoms with Crippen molar-refractivity contribution < 1.29 is 9.32 Å². The van der Waals surface area contributed by atoms with Gasteiger partial charge in [0.15, 0.2) is 0 Å². The van der Waals surface area contributed by atoms with Crippen molar-refractivity contribution in [2.45, 2.75) is 33.6 Å². The fourth-order valence-electron chi connectivity index (χ4n) is 3.08. The summed E-state index contributed by atoms with van der Waals surface area (Å²) < 4.78 is 5.21. The van der Waals surface area contributed by atoms with E-state index < -0.39 is 0 Å². The molecule has 3 heterocycles. The number of carbonyl (C=O) groups excluding carboxylic acids is 1. The molecule has 1 fully saturated rings. The number of aryl methyl sites for hydroxylation is 2. The molecule has 116 valence electrons. The summed E-state index contributed by atoms with van der Waals surface area (Å²) in [6, 6.07) is 2.00. The number of carbonyl (C=O) groups is 1. The van der Waals surface area contributed by atoms with Crippen LogP contribution in [0.25, 0.3) is 11.3 Å². The number of amides is 1. The van der Waals surface area contributed by atoms with Gasteiger partial charge in [0.1, 0.15) is 12.1 Å². The second-order valence-electron chi connectivity index (χ2n) is 5.92. The Balaban J connectivity index is 1.77. The fraction of sp³-hybridized carbons (Fsp3) is 0.500. The first kappa shape index (κ1) is 14.7. The summed E-state index contributed by atoms with van der Waals surface area (Å²) in [5.74, 6) is 1.39. The van der Waals surface area contributed by atoms with Crippen LogP contribution >= 0.6 is 0 Å². The van der Waals surface area contributed by atoms with E-state index in [1.165, 1.54) is 0 Å². The Hall–Kier alpha value is -2.24. The molecule has 1 aliphatic rings. The number of hydrogen-bond donors (Lipinski definition) is 0. The Bertz CT molecular complexity index is 676. The SMILES string of the molecule is CC(=O)N1CCC(Cc2cc(-c3c(C)noc3C)ncn2)C1. The van der Waals surface area contributed by atoms with Crippen LogP contribution in [0, 0.1) is 19.8 Å². The van der Waals surface area contributed by atoms with Crippen LogP contribution in [0.4, 0.5) is 0 Å². The molecule has 1 saturated heterocycles. The number of hydrogen-bond acceptors (Lipinski definition) is 5. The Morgan fingerprint density at radius 3 is 2.86 bits per heavy atom. The standard InChI is InChI=1S/C16H20N4O2/c1-10-16(11(2)22-19-10)15-7-14(17-9-18-15)6-13-4-5-20(8-13)12(3)21/h7,9,13H,4-6,8H2,1-3H3. The normalized spacial score (nSPS) is 18.0. The molecule has 6 nitrogen and oxygen atoms in total. The highest BCUT2D eigenvalue weighted by molar-refractivity contribution is 5.73. The van der Waals surface area contributed by atoms with Crippen LogP contribution in [0.15, 0.2) is 16.9 Å². The highest BCUT2D eigenvalue weighted by atomic mass is 16.5. The minimum absolute atomic E-state index is 0.154. The summed E-state index contributed by atoms with van der Waals surface area (Å²) in [4.78, 5) is 22.0. The molecule has 0 spiro atoms. The molecule has 0 aromatic carbocycles. The minimum atomic E-state index is 0.154. The summed E-state index contributed by atoms with van der Waals surface area (Å²) in [6.07, 6.45) is 3.49. The molecule has 1 aliphatic heterocycles. The van der Waals surface area contributed by atoms with E-state index in [1.807, 2.05) is 24.8 Å². The first-order valence-electron chi connectivity index (χ1n) is 7.54. The van der Waals surface area contributed by atoms with Gasteiger partial charge in [-0.3, -0.25) is 4.79 Å². The van der Waals surface area contributed by atoms with Crippen molar-refractivity contribution in [3.63, 3.8) is 0 Å². The maximum Gasteiger partial charge on any atom is 0.219 e. The van der Waals surface area contributed by atoms with Gasteiger partial charge in [-0.2, -0.15) is 0 Å². The zero-order chi connectivity index (χ0) is 15.7. The molecule has 2 aromatic rings. The van der Waals surface area contributed by atoms with Crippen LogP contribution in [-0.4, -0.2) is 39.0 Å². The molecule has 0 bridgehead atoms. The van der Waals surface area contributed by atoms with Crippen LogP contribution in [0.2, 0.25) is 0 Å². The van der Waals surface area contributed by atoms with Crippen molar-refractivity contribution in [1.29, 1.82) is 0 Å². The van der Waals surface area contributed by atoms with Gasteiger partial charge in [0.2, 0.25) is 5.91 Å². The van der Waals surface area contributed by atoms with Gasteiger partial charge in [-0.1, -0.05) is 5.16 Å². The third-order valence-electron chi connectivity index (χ3n) is 4.24. The van der Waals surface area contributed by atoms with E-state index in [2.05, 4.69) is 15.1 Å². The van der Waals surface area contributed by atoms with Gasteiger partial charge in [0, 0.05) is 25.7 Å². The van der Waals surface area contributed by atoms with Gasteiger partial charge in [-0.15, -0.1) is 0 Å². The zero-order valence-electron chi connectivity index (χ0n) is 13.2. The van der Waals surface area contributed by atoms with E-state index in [9.17, 15) is 4.79 Å². The molecular formula is C16H20N4O2. The third kappa shape index (κ3) is 2.86. The number of aromatic nitrogens is 3. The maximum atomic E-state index is 11.4. The topological polar surface area (TPSA) is 72.1 Å². The predicted octanol–water partition coefficient (Wildman–Crippen LogP) is 2.16. The van der Waals surface area contributed by atoms with E-state index in [4.69, 9.17) is 4.52 Å². The lowest BCUT2D eigenvalue weighted by Crippen LogP contribution is -2.26. The Kier molecular flexibility index (Phi) is 3.92. The zero-order valence-corrected chi connectivity index (χ0v) is 13.2. The van der Waals surface area contributed by atoms with E-state index in [0.717, 1.165) is 54.3 Å². The van der Waals surface area contributed by atoms with Crippen molar-refractivity contribution in [1.82, 2.24) is 20.0 Å². The average Bonchev–Trinajstić information content (AvgIpc) is 3.06. The van der Waals surface area contributed by atoms with Crippen molar-refractivity contribution in [3.05, 3.63) is 29.5 Å². The molecule has 1 amide bonds. The van der Waals surface area contributed by atoms with E-state index in [0.29, 0.717) is 5.92 Å². The lowest BCUT2D eigenvalue weighted by molar-refractivity contribution is -0.127. The first-order valence-corrected chi connectivity index (χ1v) is 7.54. The first-order chi connectivity index (χ1) is 10.5. The smallest absolute Gasteiger partial charge is 0.219 e. The predicted molar refractivity (Wildman–Crippen MR) is 81.1 cm³/mol. The molecule has 1 atom stereocenters. The molecule has 22 heavy (non-hydrogen) atoms. The quantitative estimate of drug-likeness (QED) is 0.868. The summed E-state index contributed by atoms with van der Waals surface area (Å²) in [7, 11) is 0. The van der Waals surface area contributed by atoms with Crippen LogP contribution < -0.4 is 0 Å². The van der Waals surface area contributed by atoms with Gasteiger partial charge >= 0.3 is 0 Å². The summed E-state index contributed by atoms with van der Waals surface area (Å²) >= 11 is 0. The lowest BCUT2D eigenvalue weighted by Gasteiger charge is -2.13. The molecule has 0 N–H and O–H groups in total. The van der Waals surface area contributed by atoms with Crippen molar-refractivity contribution in [2.24, 2.45) is 5.92 Å².